The van der Waals surface area contributed by atoms with E-state index in [1.165, 1.54) is 5.69 Å². The Hall–Kier alpha value is -0.720. The van der Waals surface area contributed by atoms with Crippen molar-refractivity contribution >= 4 is 0 Å². The molecule has 0 aliphatic rings. The highest BCUT2D eigenvalue weighted by Crippen LogP contribution is 2.18. The van der Waals surface area contributed by atoms with Crippen LogP contribution in [0.2, 0.25) is 0 Å². The van der Waals surface area contributed by atoms with E-state index in [1.54, 1.807) is 0 Å². The van der Waals surface area contributed by atoms with E-state index in [4.69, 9.17) is 0 Å². The molecule has 9 heavy (non-hydrogen) atoms. The number of rotatable bonds is 0. The average molecular weight is 125 g/mol. The van der Waals surface area contributed by atoms with Gasteiger partial charge in [-0.25, -0.2) is 0 Å². The maximum absolute atomic E-state index is 3.18. The molecule has 0 aliphatic heterocycles. The van der Waals surface area contributed by atoms with Gasteiger partial charge >= 0.3 is 0 Å². The molecule has 1 nitrogen and oxygen atoms in total. The van der Waals surface area contributed by atoms with Gasteiger partial charge < -0.3 is 4.98 Å². The van der Waals surface area contributed by atoms with Crippen LogP contribution < -0.4 is 0 Å². The van der Waals surface area contributed by atoms with Gasteiger partial charge in [0, 0.05) is 18.7 Å². The van der Waals surface area contributed by atoms with Crippen molar-refractivity contribution < 1.29 is 1.43 Å². The topological polar surface area (TPSA) is 15.8 Å². The summed E-state index contributed by atoms with van der Waals surface area (Å²) in [6.45, 7) is 6.58. The smallest absolute Gasteiger partial charge is 0.0201 e. The van der Waals surface area contributed by atoms with Crippen LogP contribution in [0.3, 0.4) is 0 Å². The molecule has 0 aromatic carbocycles. The largest absolute Gasteiger partial charge is 0.365 e. The van der Waals surface area contributed by atoms with Crippen LogP contribution in [0, 0.1) is 0 Å². The minimum absolute atomic E-state index is 0. The molecule has 1 heteroatoms. The van der Waals surface area contributed by atoms with Crippen molar-refractivity contribution in [1.29, 1.82) is 0 Å². The molecule has 0 unspecified atom stereocenters. The van der Waals surface area contributed by atoms with Crippen LogP contribution in [-0.2, 0) is 5.41 Å². The standard InChI is InChI=1S/C8H13N.H2/c1-8(2,3)7-5-4-6-9-7;/h4-6,9H,1-3H3;1H. The van der Waals surface area contributed by atoms with Gasteiger partial charge in [0.2, 0.25) is 0 Å². The van der Waals surface area contributed by atoms with E-state index in [-0.39, 0.29) is 6.84 Å². The van der Waals surface area contributed by atoms with E-state index in [0.29, 0.717) is 0 Å². The summed E-state index contributed by atoms with van der Waals surface area (Å²) in [7, 11) is 0. The molecule has 1 aromatic heterocycles. The number of nitrogens with one attached hydrogen (secondary N) is 1. The number of aromatic nitrogens is 1. The van der Waals surface area contributed by atoms with Crippen molar-refractivity contribution in [3.8, 4) is 0 Å². The SMILES string of the molecule is CC(C)(C)c1ccc[nH]1.[HH]. The zero-order valence-corrected chi connectivity index (χ0v) is 6.23. The molecule has 1 heterocycles. The van der Waals surface area contributed by atoms with E-state index in [9.17, 15) is 0 Å². The molecule has 0 fully saturated rings. The molecule has 0 saturated carbocycles. The third-order valence-electron chi connectivity index (χ3n) is 1.41. The molecule has 0 saturated heterocycles. The molecule has 52 valence electrons. The van der Waals surface area contributed by atoms with Gasteiger partial charge in [-0.1, -0.05) is 20.8 Å². The molecule has 0 spiro atoms. The molecule has 1 rings (SSSR count). The highest BCUT2D eigenvalue weighted by atomic mass is 14.7. The quantitative estimate of drug-likeness (QED) is 0.548. The molecule has 0 atom stereocenters. The van der Waals surface area contributed by atoms with Gasteiger partial charge in [-0.3, -0.25) is 0 Å². The zero-order chi connectivity index (χ0) is 6.91. The predicted octanol–water partition coefficient (Wildman–Crippen LogP) is 2.56. The summed E-state index contributed by atoms with van der Waals surface area (Å²) in [4.78, 5) is 3.18. The maximum atomic E-state index is 3.18. The second-order valence-corrected chi connectivity index (χ2v) is 3.33. The van der Waals surface area contributed by atoms with Gasteiger partial charge in [-0.15, -0.1) is 0 Å². The van der Waals surface area contributed by atoms with Crippen LogP contribution in [-0.4, -0.2) is 4.98 Å². The fraction of sp³-hybridized carbons (Fsp3) is 0.500. The van der Waals surface area contributed by atoms with Gasteiger partial charge in [0.05, 0.1) is 0 Å². The van der Waals surface area contributed by atoms with E-state index in [1.807, 2.05) is 12.3 Å². The van der Waals surface area contributed by atoms with Crippen molar-refractivity contribution in [2.24, 2.45) is 0 Å². The molecule has 0 radical (unpaired) electrons. The number of hydrogen-bond acceptors (Lipinski definition) is 0. The van der Waals surface area contributed by atoms with Gasteiger partial charge in [0.15, 0.2) is 0 Å². The van der Waals surface area contributed by atoms with Gasteiger partial charge in [0.25, 0.3) is 0 Å². The Bertz CT molecular complexity index is 172. The van der Waals surface area contributed by atoms with Crippen molar-refractivity contribution in [3.63, 3.8) is 0 Å². The fourth-order valence-electron chi connectivity index (χ4n) is 0.797. The Morgan fingerprint density at radius 1 is 1.44 bits per heavy atom. The first-order chi connectivity index (χ1) is 4.11. The fourth-order valence-corrected chi connectivity index (χ4v) is 0.797. The Morgan fingerprint density at radius 2 is 2.11 bits per heavy atom. The Balaban J connectivity index is 0.000000810. The van der Waals surface area contributed by atoms with Gasteiger partial charge in [0.1, 0.15) is 0 Å². The summed E-state index contributed by atoms with van der Waals surface area (Å²) in [6, 6.07) is 4.14. The first-order valence-electron chi connectivity index (χ1n) is 3.24. The summed E-state index contributed by atoms with van der Waals surface area (Å²) in [5.74, 6) is 0. The Kier molecular flexibility index (Phi) is 1.35. The van der Waals surface area contributed by atoms with Crippen LogP contribution in [0.5, 0.6) is 0 Å². The summed E-state index contributed by atoms with van der Waals surface area (Å²) < 4.78 is 0. The van der Waals surface area contributed by atoms with Crippen LogP contribution >= 0.6 is 0 Å². The lowest BCUT2D eigenvalue weighted by Crippen LogP contribution is -2.10. The monoisotopic (exact) mass is 125 g/mol. The molecule has 1 N–H and O–H groups in total. The summed E-state index contributed by atoms with van der Waals surface area (Å²) in [6.07, 6.45) is 1.96. The predicted molar refractivity (Wildman–Crippen MR) is 41.6 cm³/mol. The molecular formula is C8H15N. The van der Waals surface area contributed by atoms with Crippen molar-refractivity contribution in [3.05, 3.63) is 24.0 Å². The summed E-state index contributed by atoms with van der Waals surface area (Å²) in [5, 5.41) is 0. The highest BCUT2D eigenvalue weighted by molar-refractivity contribution is 5.12. The van der Waals surface area contributed by atoms with Gasteiger partial charge in [-0.05, 0) is 12.1 Å². The van der Waals surface area contributed by atoms with Crippen molar-refractivity contribution in [2.45, 2.75) is 26.2 Å². The van der Waals surface area contributed by atoms with E-state index < -0.39 is 0 Å². The summed E-state index contributed by atoms with van der Waals surface area (Å²) in [5.41, 5.74) is 1.56. The lowest BCUT2D eigenvalue weighted by Gasteiger charge is -2.15. The van der Waals surface area contributed by atoms with Crippen LogP contribution in [0.1, 0.15) is 27.9 Å². The van der Waals surface area contributed by atoms with Crippen molar-refractivity contribution in [2.75, 3.05) is 0 Å². The first kappa shape index (κ1) is 6.40. The Labute approximate surface area is 57.6 Å². The average Bonchev–Trinajstić information content (AvgIpc) is 2.08. The van der Waals surface area contributed by atoms with Gasteiger partial charge in [-0.2, -0.15) is 0 Å². The number of H-pyrrole nitrogens is 1. The second kappa shape index (κ2) is 1.90. The molecule has 0 amide bonds. The third kappa shape index (κ3) is 1.35. The van der Waals surface area contributed by atoms with E-state index in [0.717, 1.165) is 0 Å². The molecule has 0 bridgehead atoms. The Morgan fingerprint density at radius 3 is 2.33 bits per heavy atom. The maximum Gasteiger partial charge on any atom is 0.0201 e. The van der Waals surface area contributed by atoms with Crippen LogP contribution in [0.4, 0.5) is 0 Å². The highest BCUT2D eigenvalue weighted by Gasteiger charge is 2.12. The molecule has 0 aliphatic carbocycles. The third-order valence-corrected chi connectivity index (χ3v) is 1.41. The molecular weight excluding hydrogens is 110 g/mol. The minimum Gasteiger partial charge on any atom is -0.365 e. The molecule has 1 aromatic rings. The lowest BCUT2D eigenvalue weighted by atomic mass is 9.93. The minimum atomic E-state index is 0. The normalized spacial score (nSPS) is 11.9. The summed E-state index contributed by atoms with van der Waals surface area (Å²) >= 11 is 0. The lowest BCUT2D eigenvalue weighted by molar-refractivity contribution is 0.573. The second-order valence-electron chi connectivity index (χ2n) is 3.33. The van der Waals surface area contributed by atoms with Crippen molar-refractivity contribution in [1.82, 2.24) is 4.98 Å². The van der Waals surface area contributed by atoms with Crippen LogP contribution in [0.25, 0.3) is 0 Å². The van der Waals surface area contributed by atoms with Crippen LogP contribution in [0.15, 0.2) is 18.3 Å². The first-order valence-corrected chi connectivity index (χ1v) is 3.24. The van der Waals surface area contributed by atoms with E-state index in [2.05, 4.69) is 31.8 Å². The van der Waals surface area contributed by atoms with E-state index >= 15 is 0 Å². The number of hydrogen-bond donors (Lipinski definition) is 1. The zero-order valence-electron chi connectivity index (χ0n) is 6.23. The number of aromatic amines is 1.